The molecule has 0 aliphatic carbocycles. The van der Waals surface area contributed by atoms with E-state index in [0.717, 1.165) is 3.70 Å². The van der Waals surface area contributed by atoms with Crippen LogP contribution >= 0.6 is 22.6 Å². The molecule has 0 aliphatic rings. The molecule has 0 saturated carbocycles. The summed E-state index contributed by atoms with van der Waals surface area (Å²) in [5.41, 5.74) is 0.0282. The maximum atomic E-state index is 10.1. The van der Waals surface area contributed by atoms with E-state index in [2.05, 4.69) is 4.98 Å². The zero-order valence-electron chi connectivity index (χ0n) is 4.82. The largest absolute Gasteiger partial charge is 0.287 e. The van der Waals surface area contributed by atoms with E-state index in [9.17, 15) is 10.1 Å². The molecule has 0 unspecified atom stereocenters. The Morgan fingerprint density at radius 1 is 1.60 bits per heavy atom. The number of rotatable bonds is 1. The van der Waals surface area contributed by atoms with Gasteiger partial charge in [0.15, 0.2) is 0 Å². The number of pyridine rings is 1. The first-order valence-electron chi connectivity index (χ1n) is 2.46. The number of nitro groups is 1. The lowest BCUT2D eigenvalue weighted by molar-refractivity contribution is -0.385. The maximum absolute atomic E-state index is 10.1. The quantitative estimate of drug-likeness (QED) is 0.329. The summed E-state index contributed by atoms with van der Waals surface area (Å²) < 4.78 is 0.753. The molecule has 0 aromatic carbocycles. The molecule has 1 rings (SSSR count). The van der Waals surface area contributed by atoms with Gasteiger partial charge in [-0.05, 0) is 28.7 Å². The Labute approximate surface area is 70.6 Å². The second-order valence-electron chi connectivity index (χ2n) is 1.60. The van der Waals surface area contributed by atoms with Crippen molar-refractivity contribution in [1.82, 2.24) is 4.98 Å². The molecule has 52 valence electrons. The van der Waals surface area contributed by atoms with Crippen molar-refractivity contribution in [3.63, 3.8) is 0 Å². The summed E-state index contributed by atoms with van der Waals surface area (Å²) >= 11 is 1.99. The van der Waals surface area contributed by atoms with Crippen LogP contribution in [0.2, 0.25) is 0 Å². The first kappa shape index (κ1) is 7.39. The number of halogens is 1. The van der Waals surface area contributed by atoms with Crippen LogP contribution in [0.3, 0.4) is 0 Å². The van der Waals surface area contributed by atoms with Crippen LogP contribution in [0.1, 0.15) is 0 Å². The minimum Gasteiger partial charge on any atom is -0.258 e. The zero-order valence-corrected chi connectivity index (χ0v) is 6.98. The van der Waals surface area contributed by atoms with E-state index >= 15 is 0 Å². The van der Waals surface area contributed by atoms with Crippen molar-refractivity contribution < 1.29 is 4.92 Å². The molecule has 0 fully saturated rings. The lowest BCUT2D eigenvalue weighted by Crippen LogP contribution is -1.88. The molecule has 4 nitrogen and oxygen atoms in total. The highest BCUT2D eigenvalue weighted by Gasteiger charge is 2.02. The average Bonchev–Trinajstić information content (AvgIpc) is 1.88. The van der Waals surface area contributed by atoms with Gasteiger partial charge in [0, 0.05) is 6.07 Å². The van der Waals surface area contributed by atoms with Gasteiger partial charge in [-0.15, -0.1) is 0 Å². The molecule has 5 heteroatoms. The molecular formula is C5H3IN2O2. The van der Waals surface area contributed by atoms with Crippen LogP contribution in [0, 0.1) is 13.8 Å². The van der Waals surface area contributed by atoms with Crippen LogP contribution < -0.4 is 0 Å². The van der Waals surface area contributed by atoms with Crippen molar-refractivity contribution in [1.29, 1.82) is 0 Å². The van der Waals surface area contributed by atoms with E-state index in [4.69, 9.17) is 0 Å². The van der Waals surface area contributed by atoms with Gasteiger partial charge in [-0.3, -0.25) is 10.1 Å². The summed E-state index contributed by atoms with van der Waals surface area (Å²) in [5.74, 6) is 0. The third kappa shape index (κ3) is 1.63. The Balaban J connectivity index is 3.00. The van der Waals surface area contributed by atoms with E-state index in [0.29, 0.717) is 0 Å². The first-order valence-corrected chi connectivity index (χ1v) is 3.54. The molecule has 0 amide bonds. The fourth-order valence-electron chi connectivity index (χ4n) is 0.476. The smallest absolute Gasteiger partial charge is 0.258 e. The lowest BCUT2D eigenvalue weighted by Gasteiger charge is -1.88. The van der Waals surface area contributed by atoms with Crippen LogP contribution in [-0.2, 0) is 0 Å². The van der Waals surface area contributed by atoms with Crippen LogP contribution in [0.15, 0.2) is 18.3 Å². The van der Waals surface area contributed by atoms with E-state index in [1.165, 1.54) is 12.3 Å². The van der Waals surface area contributed by atoms with Gasteiger partial charge in [-0.25, -0.2) is 4.98 Å². The topological polar surface area (TPSA) is 56.0 Å². The van der Waals surface area contributed by atoms with Gasteiger partial charge < -0.3 is 0 Å². The molecule has 1 aromatic rings. The normalized spacial score (nSPS) is 9.30. The summed E-state index contributed by atoms with van der Waals surface area (Å²) in [5, 5.41) is 10.1. The number of nitrogens with zero attached hydrogens (tertiary/aromatic N) is 2. The summed E-state index contributed by atoms with van der Waals surface area (Å²) in [7, 11) is 0. The molecule has 0 saturated heterocycles. The second kappa shape index (κ2) is 2.91. The highest BCUT2D eigenvalue weighted by molar-refractivity contribution is 14.1. The van der Waals surface area contributed by atoms with Gasteiger partial charge in [0.05, 0.1) is 4.92 Å². The van der Waals surface area contributed by atoms with Gasteiger partial charge in [-0.1, -0.05) is 0 Å². The zero-order chi connectivity index (χ0) is 7.56. The van der Waals surface area contributed by atoms with Crippen molar-refractivity contribution in [3.05, 3.63) is 32.1 Å². The molecule has 0 atom stereocenters. The minimum atomic E-state index is -0.469. The van der Waals surface area contributed by atoms with E-state index in [1.54, 1.807) is 6.07 Å². The molecule has 0 spiro atoms. The van der Waals surface area contributed by atoms with E-state index in [-0.39, 0.29) is 5.69 Å². The van der Waals surface area contributed by atoms with Crippen molar-refractivity contribution in [2.24, 2.45) is 0 Å². The van der Waals surface area contributed by atoms with Gasteiger partial charge in [0.25, 0.3) is 5.69 Å². The first-order chi connectivity index (χ1) is 4.70. The highest BCUT2D eigenvalue weighted by atomic mass is 127. The third-order valence-electron chi connectivity index (χ3n) is 0.923. The fraction of sp³-hybridized carbons (Fsp3) is 0. The van der Waals surface area contributed by atoms with Gasteiger partial charge >= 0.3 is 0 Å². The molecule has 0 N–H and O–H groups in total. The molecule has 0 radical (unpaired) electrons. The lowest BCUT2D eigenvalue weighted by atomic mass is 10.4. The van der Waals surface area contributed by atoms with E-state index < -0.39 is 4.92 Å². The maximum Gasteiger partial charge on any atom is 0.287 e. The van der Waals surface area contributed by atoms with Crippen LogP contribution in [0.5, 0.6) is 0 Å². The van der Waals surface area contributed by atoms with Crippen LogP contribution in [0.25, 0.3) is 0 Å². The SMILES string of the molecule is O=[N+]([O-])c1ccc(I)nc1. The highest BCUT2D eigenvalue weighted by Crippen LogP contribution is 2.09. The van der Waals surface area contributed by atoms with Crippen LogP contribution in [-0.4, -0.2) is 9.91 Å². The average molecular weight is 250 g/mol. The molecule has 0 aliphatic heterocycles. The molecule has 1 heterocycles. The Bertz CT molecular complexity index is 246. The third-order valence-corrected chi connectivity index (χ3v) is 1.56. The monoisotopic (exact) mass is 250 g/mol. The summed E-state index contributed by atoms with van der Waals surface area (Å²) in [6.45, 7) is 0. The van der Waals surface area contributed by atoms with Crippen LogP contribution in [0.4, 0.5) is 5.69 Å². The Morgan fingerprint density at radius 2 is 2.30 bits per heavy atom. The molecule has 10 heavy (non-hydrogen) atoms. The van der Waals surface area contributed by atoms with Gasteiger partial charge in [0.1, 0.15) is 9.90 Å². The van der Waals surface area contributed by atoms with Crippen molar-refractivity contribution in [2.75, 3.05) is 0 Å². The molecule has 1 aromatic heterocycles. The standard InChI is InChI=1S/C5H3IN2O2/c6-5-2-1-4(3-7-5)8(9)10/h1-3H. The van der Waals surface area contributed by atoms with Gasteiger partial charge in [0.2, 0.25) is 0 Å². The Kier molecular flexibility index (Phi) is 2.15. The molecule has 0 bridgehead atoms. The fourth-order valence-corrected chi connectivity index (χ4v) is 0.795. The number of hydrogen-bond donors (Lipinski definition) is 0. The second-order valence-corrected chi connectivity index (χ2v) is 2.70. The summed E-state index contributed by atoms with van der Waals surface area (Å²) in [4.78, 5) is 13.4. The number of hydrogen-bond acceptors (Lipinski definition) is 3. The molecular weight excluding hydrogens is 247 g/mol. The summed E-state index contributed by atoms with van der Waals surface area (Å²) in [6.07, 6.45) is 1.24. The van der Waals surface area contributed by atoms with Crippen molar-refractivity contribution in [3.8, 4) is 0 Å². The predicted molar refractivity (Wildman–Crippen MR) is 43.6 cm³/mol. The number of aromatic nitrogens is 1. The Morgan fingerprint density at radius 3 is 2.70 bits per heavy atom. The van der Waals surface area contributed by atoms with E-state index in [1.807, 2.05) is 22.6 Å². The van der Waals surface area contributed by atoms with Crippen molar-refractivity contribution >= 4 is 28.3 Å². The van der Waals surface area contributed by atoms with Crippen molar-refractivity contribution in [2.45, 2.75) is 0 Å². The predicted octanol–water partition coefficient (Wildman–Crippen LogP) is 1.59. The Hall–Kier alpha value is -0.720. The summed E-state index contributed by atoms with van der Waals surface area (Å²) in [6, 6.07) is 3.02. The minimum absolute atomic E-state index is 0.0282. The van der Waals surface area contributed by atoms with Gasteiger partial charge in [-0.2, -0.15) is 0 Å².